The van der Waals surface area contributed by atoms with Crippen molar-refractivity contribution in [3.63, 3.8) is 0 Å². The lowest BCUT2D eigenvalue weighted by Crippen LogP contribution is -2.47. The summed E-state index contributed by atoms with van der Waals surface area (Å²) in [4.78, 5) is 15.6. The van der Waals surface area contributed by atoms with Crippen molar-refractivity contribution in [1.29, 1.82) is 0 Å². The van der Waals surface area contributed by atoms with Gasteiger partial charge in [-0.15, -0.1) is 5.10 Å². The summed E-state index contributed by atoms with van der Waals surface area (Å²) in [6.45, 7) is 3.26. The molecule has 1 aliphatic rings. The molecule has 0 unspecified atom stereocenters. The highest BCUT2D eigenvalue weighted by Gasteiger charge is 2.22. The van der Waals surface area contributed by atoms with Crippen LogP contribution in [0.15, 0.2) is 10.7 Å². The summed E-state index contributed by atoms with van der Waals surface area (Å²) < 4.78 is 4.71. The molecule has 76 valence electrons. The van der Waals surface area contributed by atoms with Gasteiger partial charge in [0.15, 0.2) is 0 Å². The fraction of sp³-hybridized carbons (Fsp3) is 0.625. The Hall–Kier alpha value is -1.43. The van der Waals surface area contributed by atoms with Gasteiger partial charge in [0, 0.05) is 31.5 Å². The standard InChI is InChI=1S/C8H12N4O2/c1-11-2-4-12(5-3-11)8(13)7-6-9-10-14-7/h6H,2-5H2,1H3. The van der Waals surface area contributed by atoms with Gasteiger partial charge in [-0.05, 0) is 7.05 Å². The fourth-order valence-corrected chi connectivity index (χ4v) is 1.43. The minimum Gasteiger partial charge on any atom is -0.333 e. The molecule has 1 amide bonds. The molecule has 1 aliphatic heterocycles. The van der Waals surface area contributed by atoms with Crippen LogP contribution in [0.4, 0.5) is 0 Å². The second-order valence-electron chi connectivity index (χ2n) is 3.38. The van der Waals surface area contributed by atoms with E-state index in [-0.39, 0.29) is 11.7 Å². The van der Waals surface area contributed by atoms with E-state index in [0.29, 0.717) is 0 Å². The first kappa shape index (κ1) is 9.14. The van der Waals surface area contributed by atoms with Crippen molar-refractivity contribution < 1.29 is 9.32 Å². The smallest absolute Gasteiger partial charge is 0.294 e. The van der Waals surface area contributed by atoms with Gasteiger partial charge < -0.3 is 14.3 Å². The third-order valence-corrected chi connectivity index (χ3v) is 2.36. The van der Waals surface area contributed by atoms with Crippen LogP contribution in [-0.2, 0) is 0 Å². The van der Waals surface area contributed by atoms with Crippen LogP contribution < -0.4 is 0 Å². The lowest BCUT2D eigenvalue weighted by atomic mass is 10.3. The van der Waals surface area contributed by atoms with E-state index in [0.717, 1.165) is 26.2 Å². The van der Waals surface area contributed by atoms with Gasteiger partial charge >= 0.3 is 0 Å². The number of likely N-dealkylation sites (N-methyl/N-ethyl adjacent to an activating group) is 1. The molecule has 0 N–H and O–H groups in total. The summed E-state index contributed by atoms with van der Waals surface area (Å²) in [6.07, 6.45) is 1.35. The fourth-order valence-electron chi connectivity index (χ4n) is 1.43. The molecule has 0 spiro atoms. The highest BCUT2D eigenvalue weighted by atomic mass is 16.5. The molecule has 1 aromatic rings. The molecule has 0 aromatic carbocycles. The van der Waals surface area contributed by atoms with Crippen molar-refractivity contribution >= 4 is 5.91 Å². The summed E-state index contributed by atoms with van der Waals surface area (Å²) in [7, 11) is 2.04. The van der Waals surface area contributed by atoms with E-state index in [1.165, 1.54) is 6.20 Å². The molecule has 0 bridgehead atoms. The van der Waals surface area contributed by atoms with Gasteiger partial charge in [0.2, 0.25) is 5.76 Å². The van der Waals surface area contributed by atoms with E-state index >= 15 is 0 Å². The van der Waals surface area contributed by atoms with Crippen LogP contribution in [0.25, 0.3) is 0 Å². The maximum absolute atomic E-state index is 11.7. The first-order valence-corrected chi connectivity index (χ1v) is 4.52. The number of rotatable bonds is 1. The number of hydrogen-bond acceptors (Lipinski definition) is 5. The number of nitrogens with zero attached hydrogens (tertiary/aromatic N) is 4. The zero-order valence-electron chi connectivity index (χ0n) is 8.01. The monoisotopic (exact) mass is 196 g/mol. The molecular weight excluding hydrogens is 184 g/mol. The molecule has 2 rings (SSSR count). The van der Waals surface area contributed by atoms with Crippen LogP contribution >= 0.6 is 0 Å². The summed E-state index contributed by atoms with van der Waals surface area (Å²) in [6, 6.07) is 0. The Morgan fingerprint density at radius 3 is 2.71 bits per heavy atom. The summed E-state index contributed by atoms with van der Waals surface area (Å²) in [5.74, 6) is 0.0950. The van der Waals surface area contributed by atoms with Crippen LogP contribution in [0.1, 0.15) is 10.6 Å². The molecule has 1 aromatic heterocycles. The van der Waals surface area contributed by atoms with Crippen molar-refractivity contribution in [2.45, 2.75) is 0 Å². The number of piperazine rings is 1. The van der Waals surface area contributed by atoms with Crippen molar-refractivity contribution in [2.75, 3.05) is 33.2 Å². The Bertz CT molecular complexity index is 303. The van der Waals surface area contributed by atoms with E-state index in [1.807, 2.05) is 7.05 Å². The van der Waals surface area contributed by atoms with E-state index in [9.17, 15) is 4.79 Å². The quantitative estimate of drug-likeness (QED) is 0.603. The van der Waals surface area contributed by atoms with Crippen molar-refractivity contribution in [3.05, 3.63) is 12.0 Å². The summed E-state index contributed by atoms with van der Waals surface area (Å²) >= 11 is 0. The molecule has 0 saturated carbocycles. The molecule has 1 saturated heterocycles. The number of aromatic nitrogens is 2. The number of carbonyl (C=O) groups is 1. The Labute approximate surface area is 81.4 Å². The van der Waals surface area contributed by atoms with Crippen LogP contribution in [0.5, 0.6) is 0 Å². The second-order valence-corrected chi connectivity index (χ2v) is 3.38. The maximum atomic E-state index is 11.7. The zero-order chi connectivity index (χ0) is 9.97. The molecule has 0 atom stereocenters. The third-order valence-electron chi connectivity index (χ3n) is 2.36. The predicted octanol–water partition coefficient (Wildman–Crippen LogP) is -0.543. The SMILES string of the molecule is CN1CCN(C(=O)c2cnno2)CC1. The molecule has 0 radical (unpaired) electrons. The lowest BCUT2D eigenvalue weighted by molar-refractivity contribution is 0.0622. The highest BCUT2D eigenvalue weighted by Crippen LogP contribution is 2.05. The lowest BCUT2D eigenvalue weighted by Gasteiger charge is -2.31. The Kier molecular flexibility index (Phi) is 2.45. The largest absolute Gasteiger partial charge is 0.333 e. The topological polar surface area (TPSA) is 62.5 Å². The van der Waals surface area contributed by atoms with Gasteiger partial charge in [-0.3, -0.25) is 4.79 Å². The van der Waals surface area contributed by atoms with Crippen LogP contribution in [0, 0.1) is 0 Å². The Morgan fingerprint density at radius 1 is 1.43 bits per heavy atom. The molecule has 0 aliphatic carbocycles. The highest BCUT2D eigenvalue weighted by molar-refractivity contribution is 5.91. The van der Waals surface area contributed by atoms with Crippen molar-refractivity contribution in [2.24, 2.45) is 0 Å². The summed E-state index contributed by atoms with van der Waals surface area (Å²) in [5, 5.41) is 6.75. The van der Waals surface area contributed by atoms with Crippen LogP contribution in [0.2, 0.25) is 0 Å². The van der Waals surface area contributed by atoms with Gasteiger partial charge in [0.25, 0.3) is 5.91 Å². The van der Waals surface area contributed by atoms with Crippen LogP contribution in [-0.4, -0.2) is 59.3 Å². The van der Waals surface area contributed by atoms with E-state index in [4.69, 9.17) is 4.52 Å². The molecular formula is C8H12N4O2. The summed E-state index contributed by atoms with van der Waals surface area (Å²) in [5.41, 5.74) is 0. The average Bonchev–Trinajstić information content (AvgIpc) is 2.71. The van der Waals surface area contributed by atoms with E-state index in [2.05, 4.69) is 15.3 Å². The zero-order valence-corrected chi connectivity index (χ0v) is 8.01. The number of carbonyl (C=O) groups excluding carboxylic acids is 1. The van der Waals surface area contributed by atoms with Gasteiger partial charge in [0.05, 0.1) is 0 Å². The maximum Gasteiger partial charge on any atom is 0.294 e. The Balaban J connectivity index is 1.99. The van der Waals surface area contributed by atoms with Crippen molar-refractivity contribution in [1.82, 2.24) is 20.2 Å². The molecule has 6 nitrogen and oxygen atoms in total. The molecule has 1 fully saturated rings. The first-order valence-electron chi connectivity index (χ1n) is 4.52. The molecule has 14 heavy (non-hydrogen) atoms. The normalized spacial score (nSPS) is 18.5. The van der Waals surface area contributed by atoms with Gasteiger partial charge in [0.1, 0.15) is 6.20 Å². The average molecular weight is 196 g/mol. The van der Waals surface area contributed by atoms with Gasteiger partial charge in [-0.1, -0.05) is 0 Å². The van der Waals surface area contributed by atoms with Gasteiger partial charge in [-0.25, -0.2) is 0 Å². The predicted molar refractivity (Wildman–Crippen MR) is 47.7 cm³/mol. The minimum absolute atomic E-state index is 0.122. The number of amides is 1. The molecule has 6 heteroatoms. The second kappa shape index (κ2) is 3.75. The van der Waals surface area contributed by atoms with Crippen LogP contribution in [0.3, 0.4) is 0 Å². The van der Waals surface area contributed by atoms with E-state index < -0.39 is 0 Å². The molecule has 2 heterocycles. The van der Waals surface area contributed by atoms with Crippen molar-refractivity contribution in [3.8, 4) is 0 Å². The minimum atomic E-state index is -0.122. The first-order chi connectivity index (χ1) is 6.77. The van der Waals surface area contributed by atoms with Gasteiger partial charge in [-0.2, -0.15) is 0 Å². The third kappa shape index (κ3) is 1.74. The Morgan fingerprint density at radius 2 is 2.14 bits per heavy atom. The van der Waals surface area contributed by atoms with E-state index in [1.54, 1.807) is 4.90 Å². The number of hydrogen-bond donors (Lipinski definition) is 0.